The molecule has 5 aromatic carbocycles. The van der Waals surface area contributed by atoms with Gasteiger partial charge in [-0.3, -0.25) is 9.98 Å². The predicted molar refractivity (Wildman–Crippen MR) is 194 cm³/mol. The third-order valence-corrected chi connectivity index (χ3v) is 9.24. The molecule has 0 N–H and O–H groups in total. The normalized spacial score (nSPS) is 12.7. The molecule has 0 bridgehead atoms. The first-order valence-electron chi connectivity index (χ1n) is 14.9. The van der Waals surface area contributed by atoms with Crippen LogP contribution >= 0.6 is 11.5 Å². The van der Waals surface area contributed by atoms with E-state index in [9.17, 15) is 8.42 Å². The van der Waals surface area contributed by atoms with E-state index in [-0.39, 0.29) is 0 Å². The van der Waals surface area contributed by atoms with Gasteiger partial charge in [0.05, 0.1) is 22.3 Å². The number of hydrogen-bond acceptors (Lipinski definition) is 8. The number of para-hydroxylation sites is 1. The summed E-state index contributed by atoms with van der Waals surface area (Å²) in [6, 6.07) is 41.2. The Labute approximate surface area is 282 Å². The molecule has 8 aromatic rings. The van der Waals surface area contributed by atoms with Crippen LogP contribution in [0.2, 0.25) is 0 Å². The van der Waals surface area contributed by atoms with Crippen molar-refractivity contribution in [1.82, 2.24) is 14.5 Å². The van der Waals surface area contributed by atoms with Crippen LogP contribution in [0.1, 0.15) is 16.7 Å². The van der Waals surface area contributed by atoms with Crippen LogP contribution in [-0.4, -0.2) is 35.4 Å². The summed E-state index contributed by atoms with van der Waals surface area (Å²) in [5.74, 6) is 0. The topological polar surface area (TPSA) is 111 Å². The van der Waals surface area contributed by atoms with Crippen molar-refractivity contribution >= 4 is 65.8 Å². The van der Waals surface area contributed by atoms with Crippen LogP contribution in [0.4, 0.5) is 0 Å². The molecule has 10 rings (SSSR count). The van der Waals surface area contributed by atoms with E-state index in [1.54, 1.807) is 30.5 Å². The Kier molecular flexibility index (Phi) is 10.5. The lowest BCUT2D eigenvalue weighted by atomic mass is 10.1. The second kappa shape index (κ2) is 15.6. The van der Waals surface area contributed by atoms with Crippen molar-refractivity contribution in [2.75, 3.05) is 0 Å². The van der Waals surface area contributed by atoms with Crippen molar-refractivity contribution < 1.29 is 12.9 Å². The van der Waals surface area contributed by atoms with E-state index in [0.717, 1.165) is 17.5 Å². The lowest BCUT2D eigenvalue weighted by Gasteiger charge is -1.92. The maximum absolute atomic E-state index is 11.1. The van der Waals surface area contributed by atoms with E-state index >= 15 is 0 Å². The fraction of sp³-hybridized carbons (Fsp3) is 0.0263. The number of aromatic nitrogens is 3. The molecule has 0 saturated carbocycles. The molecule has 0 fully saturated rings. The number of benzene rings is 5. The summed E-state index contributed by atoms with van der Waals surface area (Å²) in [6.07, 6.45) is 10.6. The number of aliphatic imine (C=N–C) groups is 1. The van der Waals surface area contributed by atoms with Crippen LogP contribution in [0, 0.1) is 0 Å². The molecule has 0 unspecified atom stereocenters. The minimum absolute atomic E-state index is 0.306. The first kappa shape index (κ1) is 32.1. The van der Waals surface area contributed by atoms with Gasteiger partial charge in [0.2, 0.25) is 0 Å². The molecule has 8 nitrogen and oxygen atoms in total. The first-order valence-corrected chi connectivity index (χ1v) is 17.1. The van der Waals surface area contributed by atoms with Gasteiger partial charge < -0.3 is 4.52 Å². The molecular weight excluding hydrogens is 639 g/mol. The molecule has 0 amide bonds. The second-order valence-corrected chi connectivity index (χ2v) is 12.8. The average molecular weight is 668 g/mol. The Morgan fingerprint density at radius 1 is 0.604 bits per heavy atom. The monoisotopic (exact) mass is 667 g/mol. The Balaban J connectivity index is 0.000000105. The van der Waals surface area contributed by atoms with Crippen molar-refractivity contribution in [2.45, 2.75) is 11.4 Å². The predicted octanol–water partition coefficient (Wildman–Crippen LogP) is 8.79. The zero-order valence-corrected chi connectivity index (χ0v) is 27.2. The van der Waals surface area contributed by atoms with E-state index in [4.69, 9.17) is 4.52 Å². The fourth-order valence-electron chi connectivity index (χ4n) is 4.70. The van der Waals surface area contributed by atoms with Crippen LogP contribution in [0.25, 0.3) is 31.8 Å². The van der Waals surface area contributed by atoms with Crippen LogP contribution in [0.15, 0.2) is 171 Å². The smallest absolute Gasteiger partial charge is 0.282 e. The zero-order valence-electron chi connectivity index (χ0n) is 25.6. The molecule has 0 radical (unpaired) electrons. The second-order valence-electron chi connectivity index (χ2n) is 10.4. The molecule has 3 aromatic heterocycles. The molecule has 2 aliphatic rings. The number of nitrogens with zero attached hydrogens (tertiary/aromatic N) is 5. The Morgan fingerprint density at radius 3 is 2.06 bits per heavy atom. The highest BCUT2D eigenvalue weighted by molar-refractivity contribution is 7.90. The molecule has 48 heavy (non-hydrogen) atoms. The van der Waals surface area contributed by atoms with Crippen molar-refractivity contribution in [1.29, 1.82) is 0 Å². The number of fused-ring (bicyclic) bond motifs is 5. The summed E-state index contributed by atoms with van der Waals surface area (Å²) >= 11 is 1.54. The molecular formula is C38H29N5O3S2. The van der Waals surface area contributed by atoms with E-state index in [2.05, 4.69) is 60.3 Å². The van der Waals surface area contributed by atoms with Crippen molar-refractivity contribution in [3.63, 3.8) is 0 Å². The van der Waals surface area contributed by atoms with Gasteiger partial charge >= 0.3 is 0 Å². The van der Waals surface area contributed by atoms with Gasteiger partial charge in [-0.05, 0) is 63.8 Å². The van der Waals surface area contributed by atoms with Crippen molar-refractivity contribution in [3.8, 4) is 0 Å². The standard InChI is InChI=1S/C9H7N.C8H7N.C7H5NO2S.C7H5NO.C7H5NS/c1-2-4-9-7-10-6-5-8(9)3-1;1-2-4-8-6-9-5-7(8)3-1;9-11(10)7-4-2-1-3-6(7)5-8-11;2*1-2-4-7-6(3-1)5-8-9-7/h1-7H;1-5H,6H2;1-5H;2*1-5H. The number of sulfonamides is 1. The summed E-state index contributed by atoms with van der Waals surface area (Å²) < 4.78 is 35.7. The van der Waals surface area contributed by atoms with Gasteiger partial charge in [0.1, 0.15) is 0 Å². The number of rotatable bonds is 0. The summed E-state index contributed by atoms with van der Waals surface area (Å²) in [5.41, 5.74) is 4.14. The zero-order chi connectivity index (χ0) is 33.0. The van der Waals surface area contributed by atoms with E-state index in [1.165, 1.54) is 49.7 Å². The van der Waals surface area contributed by atoms with Crippen molar-refractivity contribution in [2.24, 2.45) is 9.39 Å². The largest absolute Gasteiger partial charge is 0.356 e. The molecule has 5 heterocycles. The summed E-state index contributed by atoms with van der Waals surface area (Å²) in [4.78, 5) is 8.44. The third-order valence-electron chi connectivity index (χ3n) is 7.15. The molecule has 2 aliphatic heterocycles. The highest BCUT2D eigenvalue weighted by Crippen LogP contribution is 2.21. The van der Waals surface area contributed by atoms with Crippen LogP contribution < -0.4 is 0 Å². The first-order chi connectivity index (χ1) is 23.6. The highest BCUT2D eigenvalue weighted by atomic mass is 32.2. The van der Waals surface area contributed by atoms with Crippen LogP contribution in [-0.2, 0) is 16.6 Å². The SMILES string of the molecule is C1=NCc2ccccc21.O=S1(=O)N=Cc2ccccc21.c1ccc2cnccc2c1.c1ccc2oncc2c1.c1ccc2sncc2c1. The molecule has 0 saturated heterocycles. The third kappa shape index (κ3) is 8.30. The maximum Gasteiger partial charge on any atom is 0.282 e. The number of pyridine rings is 1. The number of hydrogen-bond donors (Lipinski definition) is 0. The molecule has 0 aliphatic carbocycles. The van der Waals surface area contributed by atoms with Gasteiger partial charge in [-0.15, -0.1) is 0 Å². The fourth-order valence-corrected chi connectivity index (χ4v) is 6.38. The van der Waals surface area contributed by atoms with E-state index in [0.29, 0.717) is 10.5 Å². The van der Waals surface area contributed by atoms with Gasteiger partial charge in [0.15, 0.2) is 5.58 Å². The quantitative estimate of drug-likeness (QED) is 0.160. The summed E-state index contributed by atoms with van der Waals surface area (Å²) in [6.45, 7) is 0.871. The van der Waals surface area contributed by atoms with E-state index in [1.807, 2.05) is 91.5 Å². The van der Waals surface area contributed by atoms with Crippen LogP contribution in [0.5, 0.6) is 0 Å². The van der Waals surface area contributed by atoms with E-state index < -0.39 is 10.0 Å². The lowest BCUT2D eigenvalue weighted by Crippen LogP contribution is -1.91. The molecule has 236 valence electrons. The lowest BCUT2D eigenvalue weighted by molar-refractivity contribution is 0.456. The Hall–Kier alpha value is -5.84. The Morgan fingerprint density at radius 2 is 1.29 bits per heavy atom. The Bertz CT molecular complexity index is 2240. The van der Waals surface area contributed by atoms with Gasteiger partial charge in [0.25, 0.3) is 10.0 Å². The minimum Gasteiger partial charge on any atom is -0.356 e. The van der Waals surface area contributed by atoms with Gasteiger partial charge in [-0.1, -0.05) is 102 Å². The van der Waals surface area contributed by atoms with Crippen molar-refractivity contribution in [3.05, 3.63) is 169 Å². The maximum atomic E-state index is 11.1. The van der Waals surface area contributed by atoms with Gasteiger partial charge in [-0.25, -0.2) is 0 Å². The van der Waals surface area contributed by atoms with Gasteiger partial charge in [0, 0.05) is 47.4 Å². The summed E-state index contributed by atoms with van der Waals surface area (Å²) in [7, 11) is -3.34. The molecule has 10 heteroatoms. The average Bonchev–Trinajstić information content (AvgIpc) is 3.97. The minimum atomic E-state index is -3.34. The van der Waals surface area contributed by atoms with Crippen LogP contribution in [0.3, 0.4) is 0 Å². The molecule has 0 atom stereocenters. The molecule has 0 spiro atoms. The summed E-state index contributed by atoms with van der Waals surface area (Å²) in [5, 5.41) is 8.36. The van der Waals surface area contributed by atoms with Gasteiger partial charge in [-0.2, -0.15) is 17.2 Å². The highest BCUT2D eigenvalue weighted by Gasteiger charge is 2.20.